The van der Waals surface area contributed by atoms with Crippen molar-refractivity contribution < 1.29 is 4.39 Å². The van der Waals surface area contributed by atoms with Gasteiger partial charge >= 0.3 is 0 Å². The van der Waals surface area contributed by atoms with Crippen molar-refractivity contribution in [3.63, 3.8) is 0 Å². The number of benzene rings is 1. The van der Waals surface area contributed by atoms with Gasteiger partial charge in [0.25, 0.3) is 0 Å². The standard InChI is InChI=1S/C13H18FN/c14-10-11-4-6-12(7-5-11)13(15)8-2-1-3-9-13/h4-7H,1-3,8-10,15H2. The Morgan fingerprint density at radius 2 is 1.67 bits per heavy atom. The van der Waals surface area contributed by atoms with E-state index in [0.29, 0.717) is 0 Å². The first-order valence-corrected chi connectivity index (χ1v) is 5.69. The second-order valence-corrected chi connectivity index (χ2v) is 4.55. The molecule has 0 radical (unpaired) electrons. The molecule has 0 atom stereocenters. The SMILES string of the molecule is NC1(c2ccc(CF)cc2)CCCCC1. The van der Waals surface area contributed by atoms with E-state index in [4.69, 9.17) is 5.73 Å². The van der Waals surface area contributed by atoms with Crippen molar-refractivity contribution in [2.75, 3.05) is 0 Å². The van der Waals surface area contributed by atoms with Gasteiger partial charge in [-0.2, -0.15) is 0 Å². The van der Waals surface area contributed by atoms with Crippen LogP contribution in [0.25, 0.3) is 0 Å². The Balaban J connectivity index is 2.20. The van der Waals surface area contributed by atoms with Gasteiger partial charge in [0.15, 0.2) is 0 Å². The summed E-state index contributed by atoms with van der Waals surface area (Å²) in [6, 6.07) is 7.66. The van der Waals surface area contributed by atoms with Crippen LogP contribution in [0.3, 0.4) is 0 Å². The van der Waals surface area contributed by atoms with E-state index >= 15 is 0 Å². The number of nitrogens with two attached hydrogens (primary N) is 1. The zero-order chi connectivity index (χ0) is 10.7. The minimum absolute atomic E-state index is 0.160. The summed E-state index contributed by atoms with van der Waals surface area (Å²) in [4.78, 5) is 0. The lowest BCUT2D eigenvalue weighted by Crippen LogP contribution is -2.38. The monoisotopic (exact) mass is 207 g/mol. The maximum Gasteiger partial charge on any atom is 0.115 e. The first kappa shape index (κ1) is 10.6. The van der Waals surface area contributed by atoms with Crippen LogP contribution in [0, 0.1) is 0 Å². The second-order valence-electron chi connectivity index (χ2n) is 4.55. The minimum atomic E-state index is -0.391. The van der Waals surface area contributed by atoms with Crippen LogP contribution in [-0.4, -0.2) is 0 Å². The normalized spacial score (nSPS) is 20.1. The fourth-order valence-corrected chi connectivity index (χ4v) is 2.40. The summed E-state index contributed by atoms with van der Waals surface area (Å²) < 4.78 is 12.4. The molecule has 1 saturated carbocycles. The molecule has 15 heavy (non-hydrogen) atoms. The Hall–Kier alpha value is -0.890. The van der Waals surface area contributed by atoms with Crippen LogP contribution >= 0.6 is 0 Å². The highest BCUT2D eigenvalue weighted by Gasteiger charge is 2.28. The van der Waals surface area contributed by atoms with Gasteiger partial charge in [0, 0.05) is 5.54 Å². The molecule has 0 bridgehead atoms. The molecule has 0 unspecified atom stereocenters. The summed E-state index contributed by atoms with van der Waals surface area (Å²) in [5.41, 5.74) is 8.12. The number of hydrogen-bond donors (Lipinski definition) is 1. The second kappa shape index (κ2) is 4.31. The van der Waals surface area contributed by atoms with E-state index in [2.05, 4.69) is 0 Å². The molecule has 1 aliphatic rings. The molecule has 1 aromatic carbocycles. The molecular formula is C13H18FN. The molecule has 0 heterocycles. The molecule has 82 valence electrons. The van der Waals surface area contributed by atoms with Gasteiger partial charge in [-0.3, -0.25) is 0 Å². The van der Waals surface area contributed by atoms with Gasteiger partial charge < -0.3 is 5.73 Å². The van der Waals surface area contributed by atoms with Gasteiger partial charge in [-0.25, -0.2) is 4.39 Å². The first-order chi connectivity index (χ1) is 7.24. The van der Waals surface area contributed by atoms with Crippen LogP contribution in [0.5, 0.6) is 0 Å². The molecule has 0 aliphatic heterocycles. The van der Waals surface area contributed by atoms with Gasteiger partial charge in [0.2, 0.25) is 0 Å². The highest BCUT2D eigenvalue weighted by atomic mass is 19.1. The van der Waals surface area contributed by atoms with Crippen molar-refractivity contribution in [3.8, 4) is 0 Å². The average Bonchev–Trinajstić information content (AvgIpc) is 2.30. The van der Waals surface area contributed by atoms with E-state index in [0.717, 1.165) is 18.4 Å². The van der Waals surface area contributed by atoms with Crippen LogP contribution in [-0.2, 0) is 12.2 Å². The summed E-state index contributed by atoms with van der Waals surface area (Å²) >= 11 is 0. The third-order valence-electron chi connectivity index (χ3n) is 3.43. The third-order valence-corrected chi connectivity index (χ3v) is 3.43. The maximum atomic E-state index is 12.4. The predicted octanol–water partition coefficient (Wildman–Crippen LogP) is 3.27. The lowest BCUT2D eigenvalue weighted by atomic mass is 9.77. The summed E-state index contributed by atoms with van der Waals surface area (Å²) in [7, 11) is 0. The van der Waals surface area contributed by atoms with Gasteiger partial charge in [0.1, 0.15) is 6.67 Å². The third kappa shape index (κ3) is 2.20. The fraction of sp³-hybridized carbons (Fsp3) is 0.538. The number of hydrogen-bond acceptors (Lipinski definition) is 1. The van der Waals surface area contributed by atoms with Crippen LogP contribution in [0.4, 0.5) is 4.39 Å². The summed E-state index contributed by atoms with van der Waals surface area (Å²) in [6.45, 7) is -0.391. The summed E-state index contributed by atoms with van der Waals surface area (Å²) in [5.74, 6) is 0. The summed E-state index contributed by atoms with van der Waals surface area (Å²) in [6.07, 6.45) is 5.83. The molecule has 1 nitrogen and oxygen atoms in total. The molecule has 0 amide bonds. The molecule has 1 fully saturated rings. The number of alkyl halides is 1. The Labute approximate surface area is 90.5 Å². The molecule has 2 rings (SSSR count). The zero-order valence-electron chi connectivity index (χ0n) is 9.01. The average molecular weight is 207 g/mol. The Morgan fingerprint density at radius 1 is 1.07 bits per heavy atom. The lowest BCUT2D eigenvalue weighted by Gasteiger charge is -2.34. The number of rotatable bonds is 2. The van der Waals surface area contributed by atoms with E-state index in [1.54, 1.807) is 0 Å². The van der Waals surface area contributed by atoms with Gasteiger partial charge in [-0.15, -0.1) is 0 Å². The predicted molar refractivity (Wildman–Crippen MR) is 60.2 cm³/mol. The van der Waals surface area contributed by atoms with Gasteiger partial charge in [-0.1, -0.05) is 43.5 Å². The molecular weight excluding hydrogens is 189 g/mol. The highest BCUT2D eigenvalue weighted by Crippen LogP contribution is 2.34. The van der Waals surface area contributed by atoms with E-state index < -0.39 is 6.67 Å². The van der Waals surface area contributed by atoms with Crippen molar-refractivity contribution in [1.82, 2.24) is 0 Å². The maximum absolute atomic E-state index is 12.4. The molecule has 0 aromatic heterocycles. The van der Waals surface area contributed by atoms with Crippen LogP contribution < -0.4 is 5.73 Å². The first-order valence-electron chi connectivity index (χ1n) is 5.69. The molecule has 2 heteroatoms. The van der Waals surface area contributed by atoms with E-state index in [9.17, 15) is 4.39 Å². The van der Waals surface area contributed by atoms with Crippen LogP contribution in [0.1, 0.15) is 43.2 Å². The Morgan fingerprint density at radius 3 is 2.20 bits per heavy atom. The minimum Gasteiger partial charge on any atom is -0.321 e. The smallest absolute Gasteiger partial charge is 0.115 e. The quantitative estimate of drug-likeness (QED) is 0.791. The molecule has 1 aromatic rings. The van der Waals surface area contributed by atoms with Gasteiger partial charge in [0.05, 0.1) is 0 Å². The van der Waals surface area contributed by atoms with Crippen LogP contribution in [0.2, 0.25) is 0 Å². The van der Waals surface area contributed by atoms with Crippen molar-refractivity contribution >= 4 is 0 Å². The van der Waals surface area contributed by atoms with Gasteiger partial charge in [-0.05, 0) is 24.0 Å². The van der Waals surface area contributed by atoms with E-state index in [1.165, 1.54) is 24.8 Å². The topological polar surface area (TPSA) is 26.0 Å². The summed E-state index contributed by atoms with van der Waals surface area (Å²) in [5, 5.41) is 0. The van der Waals surface area contributed by atoms with Crippen molar-refractivity contribution in [1.29, 1.82) is 0 Å². The van der Waals surface area contributed by atoms with Crippen molar-refractivity contribution in [3.05, 3.63) is 35.4 Å². The molecule has 0 saturated heterocycles. The largest absolute Gasteiger partial charge is 0.321 e. The lowest BCUT2D eigenvalue weighted by molar-refractivity contribution is 0.302. The molecule has 0 spiro atoms. The van der Waals surface area contributed by atoms with Crippen molar-refractivity contribution in [2.24, 2.45) is 5.73 Å². The number of halogens is 1. The van der Waals surface area contributed by atoms with E-state index in [-0.39, 0.29) is 5.54 Å². The fourth-order valence-electron chi connectivity index (χ4n) is 2.40. The molecule has 1 aliphatic carbocycles. The van der Waals surface area contributed by atoms with Crippen LogP contribution in [0.15, 0.2) is 24.3 Å². The Bertz CT molecular complexity index is 312. The van der Waals surface area contributed by atoms with Crippen molar-refractivity contribution in [2.45, 2.75) is 44.3 Å². The van der Waals surface area contributed by atoms with E-state index in [1.807, 2.05) is 24.3 Å². The molecule has 2 N–H and O–H groups in total. The highest BCUT2D eigenvalue weighted by molar-refractivity contribution is 5.28. The zero-order valence-corrected chi connectivity index (χ0v) is 9.01. The Kier molecular flexibility index (Phi) is 3.06.